The smallest absolute Gasteiger partial charge is 0.258 e. The van der Waals surface area contributed by atoms with Crippen molar-refractivity contribution in [3.05, 3.63) is 48.0 Å². The number of hydrogen-bond donors (Lipinski definition) is 3. The maximum absolute atomic E-state index is 12.5. The van der Waals surface area contributed by atoms with E-state index in [2.05, 4.69) is 0 Å². The number of hydrogen-bond acceptors (Lipinski definition) is 3. The third-order valence-electron chi connectivity index (χ3n) is 2.68. The molecule has 0 aliphatic carbocycles. The molecule has 18 heavy (non-hydrogen) atoms. The van der Waals surface area contributed by atoms with Gasteiger partial charge in [0.25, 0.3) is 7.37 Å². The summed E-state index contributed by atoms with van der Waals surface area (Å²) in [6, 6.07) is 11.3. The van der Waals surface area contributed by atoms with Crippen LogP contribution in [0, 0.1) is 6.92 Å². The molecule has 0 aliphatic heterocycles. The van der Waals surface area contributed by atoms with E-state index in [1.165, 1.54) is 6.07 Å². The molecule has 2 aromatic rings. The molecule has 2 aromatic carbocycles. The molecule has 1 atom stereocenters. The first-order chi connectivity index (χ1) is 8.39. The van der Waals surface area contributed by atoms with Gasteiger partial charge in [0.1, 0.15) is 0 Å². The van der Waals surface area contributed by atoms with Gasteiger partial charge in [-0.15, -0.1) is 0 Å². The van der Waals surface area contributed by atoms with Crippen LogP contribution in [-0.4, -0.2) is 4.89 Å². The largest absolute Gasteiger partial charge is 0.399 e. The van der Waals surface area contributed by atoms with Gasteiger partial charge in [0, 0.05) is 22.0 Å². The Morgan fingerprint density at radius 3 is 2.11 bits per heavy atom. The molecule has 0 fully saturated rings. The van der Waals surface area contributed by atoms with Crippen LogP contribution >= 0.6 is 7.37 Å². The highest BCUT2D eigenvalue weighted by molar-refractivity contribution is 7.73. The second kappa shape index (κ2) is 4.48. The Kier molecular flexibility index (Phi) is 3.16. The standard InChI is InChI=1S/C13H15N2O2P/c1-9-6-11(15)8-13(7-9)18(16,17)12-4-2-10(14)3-5-12/h2-8H,14-15H2,1H3,(H,16,17). The summed E-state index contributed by atoms with van der Waals surface area (Å²) < 4.78 is 12.5. The first-order valence-corrected chi connectivity index (χ1v) is 7.12. The lowest BCUT2D eigenvalue weighted by molar-refractivity contribution is 0.501. The zero-order chi connectivity index (χ0) is 13.3. The van der Waals surface area contributed by atoms with Crippen molar-refractivity contribution in [2.24, 2.45) is 0 Å². The van der Waals surface area contributed by atoms with E-state index < -0.39 is 7.37 Å². The minimum absolute atomic E-state index is 0.338. The zero-order valence-electron chi connectivity index (χ0n) is 10.00. The Labute approximate surface area is 106 Å². The molecule has 2 rings (SSSR count). The lowest BCUT2D eigenvalue weighted by Gasteiger charge is -2.13. The summed E-state index contributed by atoms with van der Waals surface area (Å²) >= 11 is 0. The first kappa shape index (κ1) is 12.7. The number of rotatable bonds is 2. The monoisotopic (exact) mass is 262 g/mol. The fourth-order valence-corrected chi connectivity index (χ4v) is 3.35. The second-order valence-electron chi connectivity index (χ2n) is 4.27. The van der Waals surface area contributed by atoms with Gasteiger partial charge in [0.2, 0.25) is 0 Å². The minimum atomic E-state index is -3.61. The summed E-state index contributed by atoms with van der Waals surface area (Å²) in [5.74, 6) is 0. The Morgan fingerprint density at radius 2 is 1.56 bits per heavy atom. The van der Waals surface area contributed by atoms with Crippen molar-refractivity contribution < 1.29 is 9.46 Å². The van der Waals surface area contributed by atoms with E-state index in [4.69, 9.17) is 11.5 Å². The molecule has 0 amide bonds. The fourth-order valence-electron chi connectivity index (χ4n) is 1.79. The summed E-state index contributed by atoms with van der Waals surface area (Å²) in [4.78, 5) is 10.3. The highest BCUT2D eigenvalue weighted by atomic mass is 31.2. The molecular formula is C13H15N2O2P. The molecule has 94 valence electrons. The van der Waals surface area contributed by atoms with Crippen molar-refractivity contribution >= 4 is 29.4 Å². The fraction of sp³-hybridized carbons (Fsp3) is 0.0769. The third-order valence-corrected chi connectivity index (χ3v) is 4.63. The van der Waals surface area contributed by atoms with Crippen molar-refractivity contribution in [3.8, 4) is 0 Å². The van der Waals surface area contributed by atoms with Gasteiger partial charge in [0.15, 0.2) is 0 Å². The Bertz CT molecular complexity index is 603. The topological polar surface area (TPSA) is 89.3 Å². The number of benzene rings is 2. The summed E-state index contributed by atoms with van der Waals surface area (Å²) in [5.41, 5.74) is 13.2. The van der Waals surface area contributed by atoms with Crippen LogP contribution in [0.15, 0.2) is 42.5 Å². The van der Waals surface area contributed by atoms with Gasteiger partial charge in [0.05, 0.1) is 0 Å². The molecule has 0 aliphatic rings. The molecule has 0 aromatic heterocycles. The number of aryl methyl sites for hydroxylation is 1. The summed E-state index contributed by atoms with van der Waals surface area (Å²) in [7, 11) is -3.61. The van der Waals surface area contributed by atoms with E-state index in [-0.39, 0.29) is 0 Å². The molecule has 0 heterocycles. The predicted molar refractivity (Wildman–Crippen MR) is 75.5 cm³/mol. The molecule has 0 bridgehead atoms. The lowest BCUT2D eigenvalue weighted by Crippen LogP contribution is -2.16. The van der Waals surface area contributed by atoms with E-state index in [1.54, 1.807) is 36.4 Å². The van der Waals surface area contributed by atoms with Crippen LogP contribution in [-0.2, 0) is 4.57 Å². The lowest BCUT2D eigenvalue weighted by atomic mass is 10.2. The Hall–Kier alpha value is -1.77. The van der Waals surface area contributed by atoms with Gasteiger partial charge in [-0.2, -0.15) is 0 Å². The van der Waals surface area contributed by atoms with Crippen molar-refractivity contribution in [2.75, 3.05) is 11.5 Å². The third kappa shape index (κ3) is 2.40. The summed E-state index contributed by atoms with van der Waals surface area (Å²) in [6.45, 7) is 1.84. The maximum Gasteiger partial charge on any atom is 0.258 e. The van der Waals surface area contributed by atoms with Crippen LogP contribution < -0.4 is 22.1 Å². The van der Waals surface area contributed by atoms with Crippen LogP contribution in [0.3, 0.4) is 0 Å². The average molecular weight is 262 g/mol. The van der Waals surface area contributed by atoms with Crippen LogP contribution in [0.2, 0.25) is 0 Å². The maximum atomic E-state index is 12.5. The molecule has 0 radical (unpaired) electrons. The van der Waals surface area contributed by atoms with E-state index >= 15 is 0 Å². The highest BCUT2D eigenvalue weighted by Crippen LogP contribution is 2.38. The van der Waals surface area contributed by atoms with Crippen molar-refractivity contribution in [1.82, 2.24) is 0 Å². The highest BCUT2D eigenvalue weighted by Gasteiger charge is 2.24. The molecule has 1 unspecified atom stereocenters. The van der Waals surface area contributed by atoms with Crippen molar-refractivity contribution in [1.29, 1.82) is 0 Å². The summed E-state index contributed by atoms with van der Waals surface area (Å²) in [5, 5.41) is 0.687. The molecular weight excluding hydrogens is 247 g/mol. The first-order valence-electron chi connectivity index (χ1n) is 5.46. The van der Waals surface area contributed by atoms with E-state index in [0.717, 1.165) is 5.56 Å². The molecule has 4 nitrogen and oxygen atoms in total. The van der Waals surface area contributed by atoms with E-state index in [0.29, 0.717) is 22.0 Å². The van der Waals surface area contributed by atoms with Gasteiger partial charge >= 0.3 is 0 Å². The van der Waals surface area contributed by atoms with E-state index in [1.807, 2.05) is 6.92 Å². The van der Waals surface area contributed by atoms with E-state index in [9.17, 15) is 9.46 Å². The van der Waals surface area contributed by atoms with Crippen LogP contribution in [0.1, 0.15) is 5.56 Å². The molecule has 5 heteroatoms. The van der Waals surface area contributed by atoms with Crippen LogP contribution in [0.25, 0.3) is 0 Å². The van der Waals surface area contributed by atoms with Gasteiger partial charge in [-0.3, -0.25) is 4.57 Å². The number of anilines is 2. The van der Waals surface area contributed by atoms with Crippen molar-refractivity contribution in [2.45, 2.75) is 6.92 Å². The molecule has 0 spiro atoms. The van der Waals surface area contributed by atoms with Gasteiger partial charge in [-0.25, -0.2) is 0 Å². The zero-order valence-corrected chi connectivity index (χ0v) is 10.9. The second-order valence-corrected chi connectivity index (χ2v) is 6.45. The summed E-state index contributed by atoms with van der Waals surface area (Å²) in [6.07, 6.45) is 0. The quantitative estimate of drug-likeness (QED) is 0.563. The van der Waals surface area contributed by atoms with Gasteiger partial charge in [-0.1, -0.05) is 0 Å². The van der Waals surface area contributed by atoms with Crippen LogP contribution in [0.4, 0.5) is 11.4 Å². The molecule has 0 saturated carbocycles. The normalized spacial score (nSPS) is 14.1. The number of nitrogens with two attached hydrogens (primary N) is 2. The Morgan fingerprint density at radius 1 is 0.944 bits per heavy atom. The molecule has 0 saturated heterocycles. The minimum Gasteiger partial charge on any atom is -0.399 e. The SMILES string of the molecule is Cc1cc(N)cc(P(=O)(O)c2ccc(N)cc2)c1. The number of nitrogen functional groups attached to an aromatic ring is 2. The predicted octanol–water partition coefficient (Wildman–Crippen LogP) is 1.38. The van der Waals surface area contributed by atoms with Gasteiger partial charge in [-0.05, 0) is 55.0 Å². The van der Waals surface area contributed by atoms with Gasteiger partial charge < -0.3 is 16.4 Å². The average Bonchev–Trinajstić information content (AvgIpc) is 2.28. The van der Waals surface area contributed by atoms with Crippen LogP contribution in [0.5, 0.6) is 0 Å². The van der Waals surface area contributed by atoms with Crippen molar-refractivity contribution in [3.63, 3.8) is 0 Å². The molecule has 5 N–H and O–H groups in total. The Balaban J connectivity index is 2.53.